The largest absolute Gasteiger partial charge is 0.326 e. The predicted octanol–water partition coefficient (Wildman–Crippen LogP) is 2.87. The highest BCUT2D eigenvalue weighted by atomic mass is 127. The molecule has 3 heteroatoms. The Morgan fingerprint density at radius 1 is 1.47 bits per heavy atom. The molecule has 1 aromatic carbocycles. The molecule has 1 heterocycles. The molecule has 80 valence electrons. The summed E-state index contributed by atoms with van der Waals surface area (Å²) in [6, 6.07) is 8.09. The number of fused-ring (bicyclic) bond motifs is 1. The summed E-state index contributed by atoms with van der Waals surface area (Å²) in [5.74, 6) is 0.713. The molecule has 1 amide bonds. The highest BCUT2D eigenvalue weighted by Crippen LogP contribution is 2.29. The molecule has 0 aliphatic carbocycles. The monoisotopic (exact) mass is 315 g/mol. The number of anilines is 1. The molecule has 1 aromatic rings. The average molecular weight is 315 g/mol. The first-order chi connectivity index (χ1) is 7.22. The minimum atomic E-state index is 0.106. The standard InChI is InChI=1S/C12H14INO/c1-8-10(7-13)6-9-4-2-3-5-11(9)14-12(8)15/h2-5,8,10H,6-7H2,1H3,(H,14,15)/t8-,10-/m0/s1. The molecule has 0 saturated carbocycles. The Hall–Kier alpha value is -0.580. The molecule has 1 aliphatic rings. The molecule has 0 aromatic heterocycles. The summed E-state index contributed by atoms with van der Waals surface area (Å²) in [5, 5.41) is 2.99. The first-order valence-corrected chi connectivity index (χ1v) is 6.69. The number of alkyl halides is 1. The van der Waals surface area contributed by atoms with Crippen molar-refractivity contribution in [3.63, 3.8) is 0 Å². The SMILES string of the molecule is C[C@@H]1C(=O)Nc2ccccc2C[C@H]1CI. The fourth-order valence-corrected chi connectivity index (χ4v) is 3.00. The number of carbonyl (C=O) groups is 1. The van der Waals surface area contributed by atoms with Gasteiger partial charge in [0.2, 0.25) is 5.91 Å². The van der Waals surface area contributed by atoms with Crippen LogP contribution in [0.15, 0.2) is 24.3 Å². The van der Waals surface area contributed by atoms with Crippen LogP contribution in [0.4, 0.5) is 5.69 Å². The first-order valence-electron chi connectivity index (χ1n) is 5.17. The van der Waals surface area contributed by atoms with Crippen LogP contribution in [0.2, 0.25) is 0 Å². The van der Waals surface area contributed by atoms with Gasteiger partial charge in [-0.3, -0.25) is 4.79 Å². The van der Waals surface area contributed by atoms with Gasteiger partial charge in [0.1, 0.15) is 0 Å². The predicted molar refractivity (Wildman–Crippen MR) is 70.3 cm³/mol. The number of benzene rings is 1. The third kappa shape index (κ3) is 2.17. The van der Waals surface area contributed by atoms with Crippen LogP contribution in [0, 0.1) is 11.8 Å². The van der Waals surface area contributed by atoms with E-state index in [4.69, 9.17) is 0 Å². The number of halogens is 1. The van der Waals surface area contributed by atoms with Crippen LogP contribution in [0.3, 0.4) is 0 Å². The summed E-state index contributed by atoms with van der Waals surface area (Å²) in [6.07, 6.45) is 0.999. The zero-order chi connectivity index (χ0) is 10.8. The number of rotatable bonds is 1. The molecule has 0 fully saturated rings. The minimum absolute atomic E-state index is 0.106. The van der Waals surface area contributed by atoms with E-state index in [1.807, 2.05) is 25.1 Å². The lowest BCUT2D eigenvalue weighted by Crippen LogP contribution is -2.26. The van der Waals surface area contributed by atoms with Gasteiger partial charge in [-0.25, -0.2) is 0 Å². The van der Waals surface area contributed by atoms with Gasteiger partial charge in [-0.05, 0) is 24.0 Å². The lowest BCUT2D eigenvalue weighted by molar-refractivity contribution is -0.120. The van der Waals surface area contributed by atoms with Crippen molar-refractivity contribution in [1.29, 1.82) is 0 Å². The van der Waals surface area contributed by atoms with Crippen LogP contribution in [0.5, 0.6) is 0 Å². The Bertz CT molecular complexity index is 378. The van der Waals surface area contributed by atoms with Crippen molar-refractivity contribution in [3.05, 3.63) is 29.8 Å². The fraction of sp³-hybridized carbons (Fsp3) is 0.417. The van der Waals surface area contributed by atoms with Gasteiger partial charge >= 0.3 is 0 Å². The maximum absolute atomic E-state index is 11.8. The summed E-state index contributed by atoms with van der Waals surface area (Å²) in [4.78, 5) is 11.8. The van der Waals surface area contributed by atoms with E-state index in [1.54, 1.807) is 0 Å². The fourth-order valence-electron chi connectivity index (χ4n) is 1.93. The number of amides is 1. The summed E-state index contributed by atoms with van der Waals surface area (Å²) < 4.78 is 1.03. The maximum Gasteiger partial charge on any atom is 0.227 e. The molecule has 0 saturated heterocycles. The van der Waals surface area contributed by atoms with Crippen molar-refractivity contribution in [2.75, 3.05) is 9.74 Å². The second-order valence-electron chi connectivity index (χ2n) is 4.05. The summed E-state index contributed by atoms with van der Waals surface area (Å²) >= 11 is 2.37. The summed E-state index contributed by atoms with van der Waals surface area (Å²) in [5.41, 5.74) is 2.25. The van der Waals surface area contributed by atoms with Crippen molar-refractivity contribution in [2.45, 2.75) is 13.3 Å². The maximum atomic E-state index is 11.8. The van der Waals surface area contributed by atoms with Crippen LogP contribution in [0.25, 0.3) is 0 Å². The van der Waals surface area contributed by atoms with Crippen molar-refractivity contribution in [3.8, 4) is 0 Å². The summed E-state index contributed by atoms with van der Waals surface area (Å²) in [6.45, 7) is 2.02. The molecule has 1 N–H and O–H groups in total. The minimum Gasteiger partial charge on any atom is -0.326 e. The third-order valence-corrected chi connectivity index (χ3v) is 4.21. The van der Waals surface area contributed by atoms with E-state index in [2.05, 4.69) is 34.0 Å². The van der Waals surface area contributed by atoms with Gasteiger partial charge in [0, 0.05) is 16.0 Å². The molecular weight excluding hydrogens is 301 g/mol. The molecule has 2 atom stereocenters. The second-order valence-corrected chi connectivity index (χ2v) is 4.93. The number of hydrogen-bond donors (Lipinski definition) is 1. The zero-order valence-corrected chi connectivity index (χ0v) is 10.8. The molecule has 15 heavy (non-hydrogen) atoms. The van der Waals surface area contributed by atoms with Crippen molar-refractivity contribution in [2.24, 2.45) is 11.8 Å². The van der Waals surface area contributed by atoms with Gasteiger partial charge in [0.25, 0.3) is 0 Å². The Kier molecular flexibility index (Phi) is 3.29. The first kappa shape index (κ1) is 10.9. The third-order valence-electron chi connectivity index (χ3n) is 3.08. The Labute approximate surface area is 104 Å². The lowest BCUT2D eigenvalue weighted by atomic mass is 9.90. The van der Waals surface area contributed by atoms with E-state index < -0.39 is 0 Å². The van der Waals surface area contributed by atoms with E-state index in [0.29, 0.717) is 5.92 Å². The van der Waals surface area contributed by atoms with E-state index in [0.717, 1.165) is 16.5 Å². The summed E-state index contributed by atoms with van der Waals surface area (Å²) in [7, 11) is 0. The Balaban J connectivity index is 2.37. The smallest absolute Gasteiger partial charge is 0.227 e. The van der Waals surface area contributed by atoms with Crippen molar-refractivity contribution >= 4 is 34.2 Å². The molecule has 0 spiro atoms. The highest BCUT2D eigenvalue weighted by Gasteiger charge is 2.27. The molecule has 0 bridgehead atoms. The van der Waals surface area contributed by atoms with Gasteiger partial charge in [-0.15, -0.1) is 0 Å². The van der Waals surface area contributed by atoms with Gasteiger partial charge in [0.15, 0.2) is 0 Å². The molecule has 1 aliphatic heterocycles. The van der Waals surface area contributed by atoms with Crippen LogP contribution < -0.4 is 5.32 Å². The molecule has 0 radical (unpaired) electrons. The topological polar surface area (TPSA) is 29.1 Å². The van der Waals surface area contributed by atoms with Gasteiger partial charge in [0.05, 0.1) is 0 Å². The molecule has 0 unspecified atom stereocenters. The van der Waals surface area contributed by atoms with Crippen LogP contribution in [-0.4, -0.2) is 10.3 Å². The number of carbonyl (C=O) groups excluding carboxylic acids is 1. The highest BCUT2D eigenvalue weighted by molar-refractivity contribution is 14.1. The Morgan fingerprint density at radius 2 is 2.20 bits per heavy atom. The molecule has 2 nitrogen and oxygen atoms in total. The van der Waals surface area contributed by atoms with Gasteiger partial charge < -0.3 is 5.32 Å². The van der Waals surface area contributed by atoms with Gasteiger partial charge in [-0.1, -0.05) is 47.7 Å². The molecule has 2 rings (SSSR count). The lowest BCUT2D eigenvalue weighted by Gasteiger charge is -2.16. The quantitative estimate of drug-likeness (QED) is 0.627. The number of nitrogens with one attached hydrogen (secondary N) is 1. The van der Waals surface area contributed by atoms with Crippen LogP contribution >= 0.6 is 22.6 Å². The van der Waals surface area contributed by atoms with E-state index in [-0.39, 0.29) is 11.8 Å². The molecular formula is C12H14INO. The van der Waals surface area contributed by atoms with Gasteiger partial charge in [-0.2, -0.15) is 0 Å². The van der Waals surface area contributed by atoms with Crippen molar-refractivity contribution in [1.82, 2.24) is 0 Å². The second kappa shape index (κ2) is 4.51. The van der Waals surface area contributed by atoms with Crippen molar-refractivity contribution < 1.29 is 4.79 Å². The van der Waals surface area contributed by atoms with Crippen LogP contribution in [0.1, 0.15) is 12.5 Å². The van der Waals surface area contributed by atoms with E-state index in [1.165, 1.54) is 5.56 Å². The number of para-hydroxylation sites is 1. The van der Waals surface area contributed by atoms with E-state index in [9.17, 15) is 4.79 Å². The average Bonchev–Trinajstić information content (AvgIpc) is 2.37. The normalized spacial score (nSPS) is 25.3. The zero-order valence-electron chi connectivity index (χ0n) is 8.66. The van der Waals surface area contributed by atoms with E-state index >= 15 is 0 Å². The number of hydrogen-bond acceptors (Lipinski definition) is 1. The Morgan fingerprint density at radius 3 is 2.93 bits per heavy atom. The van der Waals surface area contributed by atoms with Crippen LogP contribution in [-0.2, 0) is 11.2 Å².